The van der Waals surface area contributed by atoms with Crippen molar-refractivity contribution in [3.8, 4) is 0 Å². The second-order valence-electron chi connectivity index (χ2n) is 1.33. The Hall–Kier alpha value is -2.12. The van der Waals surface area contributed by atoms with Crippen molar-refractivity contribution < 1.29 is 38.1 Å². The molecule has 8 heteroatoms. The topological polar surface area (TPSA) is 105 Å². The van der Waals surface area contributed by atoms with Crippen LogP contribution in [0.3, 0.4) is 0 Å². The summed E-state index contributed by atoms with van der Waals surface area (Å²) in [4.78, 5) is 35.8. The van der Waals surface area contributed by atoms with Crippen LogP contribution >= 0.6 is 0 Å². The van der Waals surface area contributed by atoms with E-state index in [1.165, 1.54) is 28.4 Å². The molecule has 0 aromatic carbocycles. The lowest BCUT2D eigenvalue weighted by Gasteiger charge is -1.67. The summed E-state index contributed by atoms with van der Waals surface area (Å²) in [5, 5.41) is 0. The van der Waals surface area contributed by atoms with Gasteiger partial charge in [0.05, 0.1) is 28.4 Å². The van der Waals surface area contributed by atoms with Gasteiger partial charge in [0.15, 0.2) is 0 Å². The van der Waals surface area contributed by atoms with Crippen molar-refractivity contribution in [2.24, 2.45) is 0 Å². The van der Waals surface area contributed by atoms with Crippen LogP contribution in [0.1, 0.15) is 7.43 Å². The summed E-state index contributed by atoms with van der Waals surface area (Å²) in [6.45, 7) is 1.50. The molecule has 0 bridgehead atoms. The molecular weight excluding hydrogens is 236 g/mol. The third-order valence-corrected chi connectivity index (χ3v) is 0.385. The largest absolute Gasteiger partial charge is 0.471 e. The van der Waals surface area contributed by atoms with Gasteiger partial charge in [-0.1, -0.05) is 7.43 Å². The van der Waals surface area contributed by atoms with E-state index >= 15 is 0 Å². The maximum atomic E-state index is 8.95. The number of methoxy groups -OCH3 is 4. The molecular formula is C9H20O8. The Morgan fingerprint density at radius 2 is 0.588 bits per heavy atom. The number of ether oxygens (including phenoxy) is 4. The molecule has 0 saturated heterocycles. The van der Waals surface area contributed by atoms with Gasteiger partial charge >= 0.3 is 0 Å². The first-order valence-corrected chi connectivity index (χ1v) is 3.52. The van der Waals surface area contributed by atoms with Crippen molar-refractivity contribution >= 4 is 25.9 Å². The summed E-state index contributed by atoms with van der Waals surface area (Å²) >= 11 is 0. The molecule has 0 unspecified atom stereocenters. The smallest absolute Gasteiger partial charge is 0.292 e. The number of hydrogen-bond donors (Lipinski definition) is 0. The van der Waals surface area contributed by atoms with E-state index in [4.69, 9.17) is 19.2 Å². The zero-order chi connectivity index (χ0) is 13.7. The van der Waals surface area contributed by atoms with Gasteiger partial charge in [-0.2, -0.15) is 0 Å². The lowest BCUT2D eigenvalue weighted by molar-refractivity contribution is -0.126. The van der Waals surface area contributed by atoms with Crippen molar-refractivity contribution in [2.75, 3.05) is 28.4 Å². The normalized spacial score (nSPS) is 4.94. The molecule has 0 heterocycles. The minimum atomic E-state index is 0. The number of carbonyl (C=O) groups excluding carboxylic acids is 4. The first-order chi connectivity index (χ1) is 7.66. The SMILES string of the molecule is C.COC=O.COC=O.COC=O.COC=O. The first-order valence-electron chi connectivity index (χ1n) is 3.52. The minimum absolute atomic E-state index is 0. The monoisotopic (exact) mass is 256 g/mol. The molecule has 17 heavy (non-hydrogen) atoms. The van der Waals surface area contributed by atoms with Crippen LogP contribution in [-0.4, -0.2) is 54.3 Å². The van der Waals surface area contributed by atoms with E-state index in [1.807, 2.05) is 0 Å². The molecule has 0 aromatic rings. The second kappa shape index (κ2) is 66.6. The van der Waals surface area contributed by atoms with E-state index in [9.17, 15) is 0 Å². The highest BCUT2D eigenvalue weighted by Crippen LogP contribution is 1.36. The predicted molar refractivity (Wildman–Crippen MR) is 59.0 cm³/mol. The molecule has 0 rings (SSSR count). The second-order valence-corrected chi connectivity index (χ2v) is 1.33. The van der Waals surface area contributed by atoms with Gasteiger partial charge in [0.25, 0.3) is 25.9 Å². The molecule has 0 aromatic heterocycles. The van der Waals surface area contributed by atoms with Crippen LogP contribution in [0.4, 0.5) is 0 Å². The van der Waals surface area contributed by atoms with Crippen molar-refractivity contribution in [3.63, 3.8) is 0 Å². The van der Waals surface area contributed by atoms with Gasteiger partial charge < -0.3 is 18.9 Å². The summed E-state index contributed by atoms with van der Waals surface area (Å²) in [5.74, 6) is 0. The summed E-state index contributed by atoms with van der Waals surface area (Å²) < 4.78 is 15.4. The molecule has 0 spiro atoms. The fourth-order valence-electron chi connectivity index (χ4n) is 0. The van der Waals surface area contributed by atoms with Gasteiger partial charge in [0.1, 0.15) is 0 Å². The highest BCUT2D eigenvalue weighted by molar-refractivity contribution is 5.36. The number of hydrogen-bond acceptors (Lipinski definition) is 8. The first kappa shape index (κ1) is 29.4. The van der Waals surface area contributed by atoms with Crippen LogP contribution in [0.25, 0.3) is 0 Å². The van der Waals surface area contributed by atoms with Crippen LogP contribution in [0.15, 0.2) is 0 Å². The molecule has 0 fully saturated rings. The van der Waals surface area contributed by atoms with Gasteiger partial charge in [0, 0.05) is 0 Å². The Labute approximate surface area is 101 Å². The molecule has 0 aliphatic heterocycles. The number of rotatable bonds is 4. The van der Waals surface area contributed by atoms with Crippen molar-refractivity contribution in [2.45, 2.75) is 7.43 Å². The van der Waals surface area contributed by atoms with Crippen LogP contribution in [0, 0.1) is 0 Å². The zero-order valence-corrected chi connectivity index (χ0v) is 9.58. The fraction of sp³-hybridized carbons (Fsp3) is 0.556. The van der Waals surface area contributed by atoms with Crippen molar-refractivity contribution in [1.29, 1.82) is 0 Å². The van der Waals surface area contributed by atoms with Gasteiger partial charge in [-0.05, 0) is 0 Å². The third-order valence-electron chi connectivity index (χ3n) is 0.385. The molecule has 0 aliphatic rings. The van der Waals surface area contributed by atoms with E-state index < -0.39 is 0 Å². The van der Waals surface area contributed by atoms with Crippen LogP contribution in [0.2, 0.25) is 0 Å². The highest BCUT2D eigenvalue weighted by Gasteiger charge is 1.45. The van der Waals surface area contributed by atoms with Gasteiger partial charge in [0.2, 0.25) is 0 Å². The Kier molecular flexibility index (Phi) is 115. The summed E-state index contributed by atoms with van der Waals surface area (Å²) in [6, 6.07) is 0. The lowest BCUT2D eigenvalue weighted by atomic mass is 11.5. The van der Waals surface area contributed by atoms with Crippen molar-refractivity contribution in [1.82, 2.24) is 0 Å². The third kappa shape index (κ3) is 554. The van der Waals surface area contributed by atoms with Crippen LogP contribution in [0.5, 0.6) is 0 Å². The lowest BCUT2D eigenvalue weighted by Crippen LogP contribution is -1.68. The van der Waals surface area contributed by atoms with Crippen LogP contribution < -0.4 is 0 Å². The molecule has 0 atom stereocenters. The minimum Gasteiger partial charge on any atom is -0.471 e. The standard InChI is InChI=1S/4C2H4O2.CH4/c4*1-4-2-3;/h4*2H,1H3;1H4. The van der Waals surface area contributed by atoms with E-state index in [0.29, 0.717) is 25.9 Å². The van der Waals surface area contributed by atoms with Gasteiger partial charge in [-0.15, -0.1) is 0 Å². The average molecular weight is 256 g/mol. The molecule has 0 radical (unpaired) electrons. The molecule has 0 saturated carbocycles. The van der Waals surface area contributed by atoms with E-state index in [0.717, 1.165) is 0 Å². The Morgan fingerprint density at radius 1 is 0.529 bits per heavy atom. The number of carbonyl (C=O) groups is 4. The van der Waals surface area contributed by atoms with E-state index in [-0.39, 0.29) is 7.43 Å². The maximum absolute atomic E-state index is 8.95. The van der Waals surface area contributed by atoms with Gasteiger partial charge in [-0.25, -0.2) is 0 Å². The molecule has 0 aliphatic carbocycles. The summed E-state index contributed by atoms with van der Waals surface area (Å²) in [7, 11) is 5.25. The molecule has 0 N–H and O–H groups in total. The fourth-order valence-corrected chi connectivity index (χ4v) is 0. The molecule has 8 nitrogen and oxygen atoms in total. The highest BCUT2D eigenvalue weighted by atomic mass is 16.5. The zero-order valence-electron chi connectivity index (χ0n) is 9.58. The van der Waals surface area contributed by atoms with E-state index in [2.05, 4.69) is 18.9 Å². The maximum Gasteiger partial charge on any atom is 0.292 e. The van der Waals surface area contributed by atoms with Crippen molar-refractivity contribution in [3.05, 3.63) is 0 Å². The molecule has 104 valence electrons. The predicted octanol–water partition coefficient (Wildman–Crippen LogP) is -0.207. The summed E-state index contributed by atoms with van der Waals surface area (Å²) in [6.07, 6.45) is 0. The van der Waals surface area contributed by atoms with Gasteiger partial charge in [-0.3, -0.25) is 19.2 Å². The average Bonchev–Trinajstić information content (AvgIpc) is 2.39. The summed E-state index contributed by atoms with van der Waals surface area (Å²) in [5.41, 5.74) is 0. The Balaban J connectivity index is -0.0000000369. The quantitative estimate of drug-likeness (QED) is 0.502. The van der Waals surface area contributed by atoms with Crippen LogP contribution in [-0.2, 0) is 38.1 Å². The van der Waals surface area contributed by atoms with E-state index in [1.54, 1.807) is 0 Å². The Morgan fingerprint density at radius 3 is 0.588 bits per heavy atom. The Bertz CT molecular complexity index is 105. The molecule has 0 amide bonds.